The number of carbonyl (C=O) groups is 2. The van der Waals surface area contributed by atoms with Crippen molar-refractivity contribution in [1.29, 1.82) is 0 Å². The number of urea groups is 1. The Balaban J connectivity index is 1.46. The number of hydrogen-bond acceptors (Lipinski definition) is 2. The van der Waals surface area contributed by atoms with Crippen LogP contribution in [0, 0.1) is 0 Å². The maximum atomic E-state index is 11.9. The van der Waals surface area contributed by atoms with Crippen molar-refractivity contribution in [3.63, 3.8) is 0 Å². The predicted molar refractivity (Wildman–Crippen MR) is 89.2 cm³/mol. The fourth-order valence-electron chi connectivity index (χ4n) is 2.87. The quantitative estimate of drug-likeness (QED) is 0.692. The van der Waals surface area contributed by atoms with E-state index < -0.39 is 6.04 Å². The molecule has 2 aromatic rings. The molecule has 1 aromatic heterocycles. The molecule has 0 spiro atoms. The molecule has 1 aliphatic heterocycles. The van der Waals surface area contributed by atoms with E-state index in [0.717, 1.165) is 30.5 Å². The predicted octanol–water partition coefficient (Wildman–Crippen LogP) is 1.68. The normalized spacial score (nSPS) is 18.3. The van der Waals surface area contributed by atoms with Crippen molar-refractivity contribution in [1.82, 2.24) is 20.9 Å². The van der Waals surface area contributed by atoms with Gasteiger partial charge in [0.25, 0.3) is 0 Å². The Morgan fingerprint density at radius 2 is 2.13 bits per heavy atom. The molecule has 0 saturated carbocycles. The van der Waals surface area contributed by atoms with Crippen LogP contribution in [0.1, 0.15) is 25.0 Å². The molecule has 1 aliphatic rings. The van der Waals surface area contributed by atoms with Crippen LogP contribution in [0.5, 0.6) is 0 Å². The van der Waals surface area contributed by atoms with Crippen molar-refractivity contribution in [2.24, 2.45) is 0 Å². The molecule has 23 heavy (non-hydrogen) atoms. The molecule has 1 saturated heterocycles. The van der Waals surface area contributed by atoms with E-state index in [-0.39, 0.29) is 11.9 Å². The second-order valence-corrected chi connectivity index (χ2v) is 5.87. The van der Waals surface area contributed by atoms with Gasteiger partial charge in [0.1, 0.15) is 6.04 Å². The fourth-order valence-corrected chi connectivity index (χ4v) is 2.87. The summed E-state index contributed by atoms with van der Waals surface area (Å²) in [7, 11) is 0. The average molecular weight is 314 g/mol. The second-order valence-electron chi connectivity index (χ2n) is 5.87. The molecule has 1 atom stereocenters. The first kappa shape index (κ1) is 15.4. The first-order chi connectivity index (χ1) is 11.2. The molecule has 6 nitrogen and oxygen atoms in total. The van der Waals surface area contributed by atoms with Gasteiger partial charge in [-0.1, -0.05) is 18.2 Å². The summed E-state index contributed by atoms with van der Waals surface area (Å²) in [5.41, 5.74) is 2.18. The monoisotopic (exact) mass is 314 g/mol. The van der Waals surface area contributed by atoms with E-state index in [1.807, 2.05) is 18.2 Å². The van der Waals surface area contributed by atoms with Gasteiger partial charge in [-0.15, -0.1) is 0 Å². The van der Waals surface area contributed by atoms with Crippen LogP contribution in [-0.2, 0) is 11.2 Å². The second kappa shape index (κ2) is 7.17. The van der Waals surface area contributed by atoms with E-state index in [1.165, 1.54) is 5.39 Å². The summed E-state index contributed by atoms with van der Waals surface area (Å²) >= 11 is 0. The van der Waals surface area contributed by atoms with Crippen molar-refractivity contribution in [2.75, 3.05) is 13.1 Å². The van der Waals surface area contributed by atoms with E-state index in [4.69, 9.17) is 0 Å². The highest BCUT2D eigenvalue weighted by molar-refractivity contribution is 5.87. The van der Waals surface area contributed by atoms with Gasteiger partial charge in [-0.3, -0.25) is 4.79 Å². The summed E-state index contributed by atoms with van der Waals surface area (Å²) in [4.78, 5) is 27.0. The maximum absolute atomic E-state index is 11.9. The Labute approximate surface area is 135 Å². The largest absolute Gasteiger partial charge is 0.358 e. The highest BCUT2D eigenvalue weighted by Gasteiger charge is 2.21. The van der Waals surface area contributed by atoms with Gasteiger partial charge < -0.3 is 20.9 Å². The number of rotatable bonds is 4. The van der Waals surface area contributed by atoms with Gasteiger partial charge in [-0.2, -0.15) is 0 Å². The van der Waals surface area contributed by atoms with Crippen LogP contribution >= 0.6 is 0 Å². The van der Waals surface area contributed by atoms with Crippen LogP contribution < -0.4 is 16.0 Å². The number of aromatic amines is 1. The van der Waals surface area contributed by atoms with E-state index in [9.17, 15) is 9.59 Å². The first-order valence-electron chi connectivity index (χ1n) is 8.11. The van der Waals surface area contributed by atoms with Gasteiger partial charge in [0, 0.05) is 30.7 Å². The Morgan fingerprint density at radius 3 is 3.00 bits per heavy atom. The molecule has 6 heteroatoms. The summed E-state index contributed by atoms with van der Waals surface area (Å²) < 4.78 is 0. The van der Waals surface area contributed by atoms with E-state index in [0.29, 0.717) is 19.5 Å². The first-order valence-corrected chi connectivity index (χ1v) is 8.11. The van der Waals surface area contributed by atoms with Crippen LogP contribution in [0.25, 0.3) is 10.9 Å². The summed E-state index contributed by atoms with van der Waals surface area (Å²) in [5.74, 6) is -0.0896. The summed E-state index contributed by atoms with van der Waals surface area (Å²) in [6, 6.07) is 9.46. The smallest absolute Gasteiger partial charge is 0.315 e. The molecular formula is C17H22N4O2. The third-order valence-corrected chi connectivity index (χ3v) is 4.11. The highest BCUT2D eigenvalue weighted by Crippen LogP contribution is 2.14. The maximum Gasteiger partial charge on any atom is 0.315 e. The summed E-state index contributed by atoms with van der Waals surface area (Å²) in [5, 5.41) is 9.54. The van der Waals surface area contributed by atoms with Crippen LogP contribution in [0.3, 0.4) is 0 Å². The fraction of sp³-hybridized carbons (Fsp3) is 0.412. The van der Waals surface area contributed by atoms with Gasteiger partial charge in [0.2, 0.25) is 5.91 Å². The minimum absolute atomic E-state index is 0.0896. The number of benzene rings is 1. The number of nitrogens with one attached hydrogen (secondary N) is 4. The van der Waals surface area contributed by atoms with Crippen molar-refractivity contribution in [3.05, 3.63) is 36.0 Å². The van der Waals surface area contributed by atoms with Crippen LogP contribution in [0.2, 0.25) is 0 Å². The molecule has 3 rings (SSSR count). The minimum atomic E-state index is -0.425. The van der Waals surface area contributed by atoms with Crippen molar-refractivity contribution >= 4 is 22.8 Å². The number of H-pyrrole nitrogens is 1. The molecule has 2 heterocycles. The van der Waals surface area contributed by atoms with E-state index in [1.54, 1.807) is 0 Å². The SMILES string of the molecule is O=C(NCCc1cc2ccccc2[nH]1)N[C@@H]1CCCCNC1=O. The topological polar surface area (TPSA) is 86.0 Å². The third kappa shape index (κ3) is 4.03. The van der Waals surface area contributed by atoms with Crippen molar-refractivity contribution < 1.29 is 9.59 Å². The zero-order valence-electron chi connectivity index (χ0n) is 13.0. The Morgan fingerprint density at radius 1 is 1.26 bits per heavy atom. The lowest BCUT2D eigenvalue weighted by molar-refractivity contribution is -0.122. The van der Waals surface area contributed by atoms with Gasteiger partial charge >= 0.3 is 6.03 Å². The Kier molecular flexibility index (Phi) is 4.80. The molecular weight excluding hydrogens is 292 g/mol. The van der Waals surface area contributed by atoms with Crippen LogP contribution in [0.4, 0.5) is 4.79 Å². The van der Waals surface area contributed by atoms with E-state index >= 15 is 0 Å². The zero-order chi connectivity index (χ0) is 16.1. The number of hydrogen-bond donors (Lipinski definition) is 4. The lowest BCUT2D eigenvalue weighted by atomic mass is 10.1. The van der Waals surface area contributed by atoms with Crippen LogP contribution in [0.15, 0.2) is 30.3 Å². The summed E-state index contributed by atoms with van der Waals surface area (Å²) in [6.45, 7) is 1.21. The molecule has 0 unspecified atom stereocenters. The molecule has 1 aromatic carbocycles. The van der Waals surface area contributed by atoms with E-state index in [2.05, 4.69) is 33.1 Å². The lowest BCUT2D eigenvalue weighted by Crippen LogP contribution is -2.49. The van der Waals surface area contributed by atoms with Crippen molar-refractivity contribution in [3.8, 4) is 0 Å². The van der Waals surface area contributed by atoms with Gasteiger partial charge in [-0.25, -0.2) is 4.79 Å². The molecule has 1 fully saturated rings. The molecule has 3 amide bonds. The summed E-state index contributed by atoms with van der Waals surface area (Å²) in [6.07, 6.45) is 3.32. The minimum Gasteiger partial charge on any atom is -0.358 e. The number of aromatic nitrogens is 1. The Bertz CT molecular complexity index is 662. The number of fused-ring (bicyclic) bond motifs is 1. The van der Waals surface area contributed by atoms with Gasteiger partial charge in [0.15, 0.2) is 0 Å². The van der Waals surface area contributed by atoms with Crippen LogP contribution in [-0.4, -0.2) is 36.1 Å². The van der Waals surface area contributed by atoms with Gasteiger partial charge in [-0.05, 0) is 36.8 Å². The zero-order valence-corrected chi connectivity index (χ0v) is 13.0. The Hall–Kier alpha value is -2.50. The highest BCUT2D eigenvalue weighted by atomic mass is 16.2. The standard InChI is InChI=1S/C17H22N4O2/c22-16-15(7-3-4-9-18-16)21-17(23)19-10-8-13-11-12-5-1-2-6-14(12)20-13/h1-2,5-6,11,15,20H,3-4,7-10H2,(H,18,22)(H2,19,21,23)/t15-/m1/s1. The lowest BCUT2D eigenvalue weighted by Gasteiger charge is -2.15. The molecule has 4 N–H and O–H groups in total. The average Bonchev–Trinajstić information content (AvgIpc) is 2.85. The number of amides is 3. The molecule has 122 valence electrons. The third-order valence-electron chi connectivity index (χ3n) is 4.11. The number of carbonyl (C=O) groups excluding carboxylic acids is 2. The van der Waals surface area contributed by atoms with Gasteiger partial charge in [0.05, 0.1) is 0 Å². The number of para-hydroxylation sites is 1. The molecule has 0 bridgehead atoms. The van der Waals surface area contributed by atoms with Crippen molar-refractivity contribution in [2.45, 2.75) is 31.7 Å². The molecule has 0 aliphatic carbocycles. The molecule has 0 radical (unpaired) electrons.